The summed E-state index contributed by atoms with van der Waals surface area (Å²) in [5.74, 6) is 0. The third-order valence-electron chi connectivity index (χ3n) is 8.02. The summed E-state index contributed by atoms with van der Waals surface area (Å²) in [5.41, 5.74) is 9.11. The summed E-state index contributed by atoms with van der Waals surface area (Å²) in [6.07, 6.45) is 6.43. The van der Waals surface area contributed by atoms with Crippen molar-refractivity contribution in [2.75, 3.05) is 5.32 Å². The van der Waals surface area contributed by atoms with Crippen molar-refractivity contribution in [3.8, 4) is 0 Å². The Morgan fingerprint density at radius 3 is 2.00 bits per heavy atom. The maximum absolute atomic E-state index is 4.26. The predicted molar refractivity (Wildman–Crippen MR) is 174 cm³/mol. The smallest absolute Gasteiger partial charge is 0.0714 e. The summed E-state index contributed by atoms with van der Waals surface area (Å²) in [4.78, 5) is 0. The first-order chi connectivity index (χ1) is 19.7. The molecule has 7 rings (SSSR count). The molecule has 0 unspecified atom stereocenters. The highest BCUT2D eigenvalue weighted by atomic mass is 32.1. The standard InChI is InChI=1S/C38H29NS/c1-3-13-34-30(4-2)31-22-20-29(39-28-21-23-37-33(24-28)32-18-11-12-19-36(32)40-37)25-35(31)38(34,26-14-7-5-8-15-26)27-16-9-6-10-17-27/h3-25,39H,2H2,1H3/b13-3-. The van der Waals surface area contributed by atoms with Crippen LogP contribution in [-0.4, -0.2) is 0 Å². The summed E-state index contributed by atoms with van der Waals surface area (Å²) < 4.78 is 2.63. The van der Waals surface area contributed by atoms with Crippen molar-refractivity contribution in [1.82, 2.24) is 0 Å². The molecule has 40 heavy (non-hydrogen) atoms. The van der Waals surface area contributed by atoms with Crippen LogP contribution in [0.2, 0.25) is 0 Å². The van der Waals surface area contributed by atoms with Gasteiger partial charge in [-0.2, -0.15) is 0 Å². The van der Waals surface area contributed by atoms with Crippen LogP contribution in [0.1, 0.15) is 29.2 Å². The molecule has 6 aromatic rings. The van der Waals surface area contributed by atoms with E-state index in [1.54, 1.807) is 0 Å². The van der Waals surface area contributed by atoms with E-state index in [2.05, 4.69) is 152 Å². The fraction of sp³-hybridized carbons (Fsp3) is 0.0526. The Morgan fingerprint density at radius 1 is 0.675 bits per heavy atom. The Morgan fingerprint density at radius 2 is 1.30 bits per heavy atom. The van der Waals surface area contributed by atoms with E-state index < -0.39 is 5.41 Å². The van der Waals surface area contributed by atoms with Crippen molar-refractivity contribution in [2.24, 2.45) is 0 Å². The molecule has 1 N–H and O–H groups in total. The Hall–Kier alpha value is -4.66. The number of allylic oxidation sites excluding steroid dienone is 5. The lowest BCUT2D eigenvalue weighted by Crippen LogP contribution is -2.29. The van der Waals surface area contributed by atoms with E-state index in [9.17, 15) is 0 Å². The van der Waals surface area contributed by atoms with Gasteiger partial charge < -0.3 is 5.32 Å². The van der Waals surface area contributed by atoms with E-state index in [1.807, 2.05) is 17.4 Å². The average Bonchev–Trinajstić information content (AvgIpc) is 3.51. The molecule has 0 bridgehead atoms. The number of rotatable bonds is 6. The SMILES string of the molecule is C=CC1=C(/C=C\C)C(c2ccccc2)(c2ccccc2)c2cc(Nc3ccc4sc5ccccc5c4c3)ccc21. The molecule has 1 aromatic heterocycles. The Balaban J connectivity index is 1.43. The molecular formula is C38H29NS. The maximum Gasteiger partial charge on any atom is 0.0714 e. The number of hydrogen-bond donors (Lipinski definition) is 1. The summed E-state index contributed by atoms with van der Waals surface area (Å²) >= 11 is 1.85. The Labute approximate surface area is 239 Å². The van der Waals surface area contributed by atoms with Gasteiger partial charge in [0.1, 0.15) is 0 Å². The average molecular weight is 532 g/mol. The number of nitrogens with one attached hydrogen (secondary N) is 1. The van der Waals surface area contributed by atoms with Crippen molar-refractivity contribution < 1.29 is 0 Å². The van der Waals surface area contributed by atoms with Crippen molar-refractivity contribution >= 4 is 48.5 Å². The highest BCUT2D eigenvalue weighted by Gasteiger charge is 2.46. The second-order valence-corrected chi connectivity index (χ2v) is 11.3. The minimum atomic E-state index is -0.459. The van der Waals surface area contributed by atoms with Gasteiger partial charge in [-0.15, -0.1) is 11.3 Å². The first-order valence-corrected chi connectivity index (χ1v) is 14.5. The van der Waals surface area contributed by atoms with Gasteiger partial charge in [0.05, 0.1) is 5.41 Å². The second kappa shape index (κ2) is 9.82. The molecule has 0 aliphatic heterocycles. The normalized spacial score (nSPS) is 14.2. The molecule has 5 aromatic carbocycles. The maximum atomic E-state index is 4.26. The van der Waals surface area contributed by atoms with E-state index in [4.69, 9.17) is 0 Å². The van der Waals surface area contributed by atoms with Crippen LogP contribution in [0.15, 0.2) is 152 Å². The lowest BCUT2D eigenvalue weighted by atomic mass is 9.66. The first kappa shape index (κ1) is 24.4. The minimum absolute atomic E-state index is 0.459. The van der Waals surface area contributed by atoms with Crippen LogP contribution in [0.3, 0.4) is 0 Å². The molecule has 0 saturated carbocycles. The molecule has 192 valence electrons. The van der Waals surface area contributed by atoms with Gasteiger partial charge in [-0.05, 0) is 76.7 Å². The number of hydrogen-bond acceptors (Lipinski definition) is 2. The topological polar surface area (TPSA) is 12.0 Å². The molecule has 2 heteroatoms. The van der Waals surface area contributed by atoms with E-state index in [1.165, 1.54) is 53.6 Å². The molecule has 1 heterocycles. The van der Waals surface area contributed by atoms with Gasteiger partial charge in [0.25, 0.3) is 0 Å². The molecule has 1 nitrogen and oxygen atoms in total. The number of thiophene rings is 1. The third kappa shape index (κ3) is 3.68. The Kier molecular flexibility index (Phi) is 5.99. The molecule has 0 radical (unpaired) electrons. The summed E-state index contributed by atoms with van der Waals surface area (Å²) in [7, 11) is 0. The number of fused-ring (bicyclic) bond motifs is 4. The molecule has 1 aliphatic rings. The molecule has 0 atom stereocenters. The minimum Gasteiger partial charge on any atom is -0.355 e. The Bertz CT molecular complexity index is 1900. The van der Waals surface area contributed by atoms with E-state index in [0.717, 1.165) is 11.4 Å². The quantitative estimate of drug-likeness (QED) is 0.225. The fourth-order valence-electron chi connectivity index (χ4n) is 6.40. The van der Waals surface area contributed by atoms with Gasteiger partial charge in [0.2, 0.25) is 0 Å². The molecular weight excluding hydrogens is 502 g/mol. The largest absolute Gasteiger partial charge is 0.355 e. The number of benzene rings is 5. The lowest BCUT2D eigenvalue weighted by Gasteiger charge is -2.35. The van der Waals surface area contributed by atoms with Crippen LogP contribution in [0.5, 0.6) is 0 Å². The zero-order valence-electron chi connectivity index (χ0n) is 22.4. The van der Waals surface area contributed by atoms with E-state index in [-0.39, 0.29) is 0 Å². The van der Waals surface area contributed by atoms with Crippen LogP contribution < -0.4 is 5.32 Å². The third-order valence-corrected chi connectivity index (χ3v) is 9.18. The van der Waals surface area contributed by atoms with Gasteiger partial charge >= 0.3 is 0 Å². The van der Waals surface area contributed by atoms with Crippen molar-refractivity contribution in [1.29, 1.82) is 0 Å². The van der Waals surface area contributed by atoms with Crippen LogP contribution in [0.25, 0.3) is 25.7 Å². The predicted octanol–water partition coefficient (Wildman–Crippen LogP) is 10.7. The second-order valence-electron chi connectivity index (χ2n) is 10.2. The first-order valence-electron chi connectivity index (χ1n) is 13.7. The zero-order chi connectivity index (χ0) is 27.1. The lowest BCUT2D eigenvalue weighted by molar-refractivity contribution is 0.761. The van der Waals surface area contributed by atoms with Gasteiger partial charge in [0.15, 0.2) is 0 Å². The van der Waals surface area contributed by atoms with Crippen LogP contribution in [0, 0.1) is 0 Å². The van der Waals surface area contributed by atoms with E-state index >= 15 is 0 Å². The molecule has 0 spiro atoms. The highest BCUT2D eigenvalue weighted by Crippen LogP contribution is 2.55. The highest BCUT2D eigenvalue weighted by molar-refractivity contribution is 7.25. The number of anilines is 2. The van der Waals surface area contributed by atoms with Crippen molar-refractivity contribution in [2.45, 2.75) is 12.3 Å². The van der Waals surface area contributed by atoms with Gasteiger partial charge in [0, 0.05) is 31.5 Å². The van der Waals surface area contributed by atoms with Crippen LogP contribution in [0.4, 0.5) is 11.4 Å². The summed E-state index contributed by atoms with van der Waals surface area (Å²) in [6.45, 7) is 6.35. The van der Waals surface area contributed by atoms with Crippen molar-refractivity contribution in [3.63, 3.8) is 0 Å². The monoisotopic (exact) mass is 531 g/mol. The van der Waals surface area contributed by atoms with Gasteiger partial charge in [-0.25, -0.2) is 0 Å². The fourth-order valence-corrected chi connectivity index (χ4v) is 7.48. The van der Waals surface area contributed by atoms with Crippen LogP contribution in [-0.2, 0) is 5.41 Å². The van der Waals surface area contributed by atoms with Gasteiger partial charge in [-0.1, -0.05) is 110 Å². The molecule has 0 fully saturated rings. The summed E-state index contributed by atoms with van der Waals surface area (Å²) in [5, 5.41) is 6.34. The van der Waals surface area contributed by atoms with E-state index in [0.29, 0.717) is 0 Å². The van der Waals surface area contributed by atoms with Crippen molar-refractivity contribution in [3.05, 3.63) is 174 Å². The van der Waals surface area contributed by atoms with Gasteiger partial charge in [-0.3, -0.25) is 0 Å². The van der Waals surface area contributed by atoms with Crippen LogP contribution >= 0.6 is 11.3 Å². The zero-order valence-corrected chi connectivity index (χ0v) is 23.2. The molecule has 0 amide bonds. The summed E-state index contributed by atoms with van der Waals surface area (Å²) in [6, 6.07) is 43.9. The molecule has 0 saturated heterocycles. The molecule has 1 aliphatic carbocycles.